The van der Waals surface area contributed by atoms with E-state index in [4.69, 9.17) is 39.9 Å². The van der Waals surface area contributed by atoms with E-state index >= 15 is 0 Å². The highest BCUT2D eigenvalue weighted by Gasteiger charge is 2.49. The number of ether oxygens (including phenoxy) is 6. The molecule has 0 bridgehead atoms. The van der Waals surface area contributed by atoms with Gasteiger partial charge < -0.3 is 75.6 Å². The lowest BCUT2D eigenvalue weighted by Gasteiger charge is -2.45. The van der Waals surface area contributed by atoms with Crippen LogP contribution in [0.2, 0.25) is 0 Å². The zero-order chi connectivity index (χ0) is 24.4. The van der Waals surface area contributed by atoms with Crippen molar-refractivity contribution < 1.29 is 64.2 Å². The molecule has 3 rings (SSSR count). The molecule has 15 heteroatoms. The summed E-state index contributed by atoms with van der Waals surface area (Å²) in [7, 11) is 1.26. The quantitative estimate of drug-likeness (QED) is 0.162. The minimum Gasteiger partial charge on any atom is -0.394 e. The molecule has 0 saturated carbocycles. The second-order valence-corrected chi connectivity index (χ2v) is 8.32. The molecule has 0 aromatic rings. The minimum absolute atomic E-state index is 0.0728. The third-order valence-electron chi connectivity index (χ3n) is 6.03. The fourth-order valence-electron chi connectivity index (χ4n) is 3.98. The fraction of sp³-hybridized carbons (Fsp3) is 1.00. The normalized spacial score (nSPS) is 51.5. The number of hydrogen-bond acceptors (Lipinski definition) is 15. The van der Waals surface area contributed by atoms with Gasteiger partial charge >= 0.3 is 0 Å². The fourth-order valence-corrected chi connectivity index (χ4v) is 3.98. The molecule has 15 nitrogen and oxygen atoms in total. The third-order valence-corrected chi connectivity index (χ3v) is 6.03. The van der Waals surface area contributed by atoms with Crippen LogP contribution in [0.15, 0.2) is 0 Å². The van der Waals surface area contributed by atoms with Gasteiger partial charge in [-0.1, -0.05) is 0 Å². The Bertz CT molecular complexity index is 616. The van der Waals surface area contributed by atoms with Crippen molar-refractivity contribution in [2.45, 2.75) is 85.9 Å². The monoisotopic (exact) mass is 486 g/mol. The van der Waals surface area contributed by atoms with Gasteiger partial charge in [-0.25, -0.2) is 0 Å². The summed E-state index contributed by atoms with van der Waals surface area (Å²) in [6, 6.07) is -1.81. The van der Waals surface area contributed by atoms with Crippen LogP contribution in [0.4, 0.5) is 0 Å². The first kappa shape index (κ1) is 27.0. The molecule has 14 atom stereocenters. The van der Waals surface area contributed by atoms with E-state index in [-0.39, 0.29) is 13.2 Å². The van der Waals surface area contributed by atoms with E-state index < -0.39 is 92.5 Å². The molecule has 3 fully saturated rings. The molecule has 11 N–H and O–H groups in total. The van der Waals surface area contributed by atoms with Gasteiger partial charge in [-0.15, -0.1) is 0 Å². The van der Waals surface area contributed by atoms with Crippen molar-refractivity contribution >= 4 is 0 Å². The summed E-state index contributed by atoms with van der Waals surface area (Å²) < 4.78 is 32.5. The predicted molar refractivity (Wildman–Crippen MR) is 104 cm³/mol. The van der Waals surface area contributed by atoms with Crippen molar-refractivity contribution in [3.8, 4) is 0 Å². The van der Waals surface area contributed by atoms with Gasteiger partial charge in [0.05, 0.1) is 38.0 Å². The molecule has 194 valence electrons. The van der Waals surface area contributed by atoms with E-state index in [9.17, 15) is 35.7 Å². The standard InChI is InChI=1S/C18H34N2O13/c1-28-17-13(26)12(25)10(23)7(32-17)4-30-16-8(20)15(5(19)3-29-16)33-18-14(27)11(24)9(22)6(2-21)31-18/h5-18,21-27H,2-4,19-20H2,1H3/t5-,6-,7-,8-,9-,10-,11+,12+,13+,14+,15+,16+,17+,18-/m1/s1. The van der Waals surface area contributed by atoms with E-state index in [0.29, 0.717) is 0 Å². The maximum atomic E-state index is 10.2. The van der Waals surface area contributed by atoms with E-state index in [0.717, 1.165) is 0 Å². The van der Waals surface area contributed by atoms with Gasteiger partial charge in [-0.3, -0.25) is 0 Å². The van der Waals surface area contributed by atoms with E-state index in [1.807, 2.05) is 0 Å². The number of nitrogens with two attached hydrogens (primary N) is 2. The molecule has 3 aliphatic heterocycles. The largest absolute Gasteiger partial charge is 0.394 e. The predicted octanol–water partition coefficient (Wildman–Crippen LogP) is -6.35. The van der Waals surface area contributed by atoms with Crippen LogP contribution in [-0.2, 0) is 28.4 Å². The van der Waals surface area contributed by atoms with Crippen LogP contribution in [-0.4, -0.2) is 149 Å². The van der Waals surface area contributed by atoms with Crippen LogP contribution in [0, 0.1) is 0 Å². The molecule has 33 heavy (non-hydrogen) atoms. The molecular formula is C18H34N2O13. The Morgan fingerprint density at radius 1 is 0.788 bits per heavy atom. The second kappa shape index (κ2) is 11.4. The molecule has 3 aliphatic rings. The van der Waals surface area contributed by atoms with Crippen molar-refractivity contribution in [1.29, 1.82) is 0 Å². The summed E-state index contributed by atoms with van der Waals surface area (Å²) in [6.45, 7) is -1.00. The highest BCUT2D eigenvalue weighted by molar-refractivity contribution is 4.95. The zero-order valence-corrected chi connectivity index (χ0v) is 17.9. The van der Waals surface area contributed by atoms with Gasteiger partial charge in [0.25, 0.3) is 0 Å². The van der Waals surface area contributed by atoms with Crippen LogP contribution < -0.4 is 11.5 Å². The minimum atomic E-state index is -1.64. The SMILES string of the molecule is CO[C@H]1O[C@H](CO[C@@H]2OC[C@@H](N)[C@H](O[C@H]3O[C@H](CO)[C@@H](O)[C@H](O)[C@@H]3O)[C@H]2N)[C@@H](O)[C@H](O)[C@@H]1O. The van der Waals surface area contributed by atoms with E-state index in [1.54, 1.807) is 0 Å². The molecule has 3 heterocycles. The highest BCUT2D eigenvalue weighted by atomic mass is 16.7. The Kier molecular flexibility index (Phi) is 9.35. The van der Waals surface area contributed by atoms with Crippen molar-refractivity contribution in [3.63, 3.8) is 0 Å². The van der Waals surface area contributed by atoms with Crippen LogP contribution in [0.5, 0.6) is 0 Å². The third kappa shape index (κ3) is 5.64. The molecule has 0 aromatic heterocycles. The van der Waals surface area contributed by atoms with Crippen molar-refractivity contribution in [3.05, 3.63) is 0 Å². The van der Waals surface area contributed by atoms with Gasteiger partial charge in [0.1, 0.15) is 48.8 Å². The first-order valence-electron chi connectivity index (χ1n) is 10.5. The zero-order valence-electron chi connectivity index (χ0n) is 17.9. The summed E-state index contributed by atoms with van der Waals surface area (Å²) in [5, 5.41) is 69.3. The Morgan fingerprint density at radius 2 is 1.36 bits per heavy atom. The summed E-state index contributed by atoms with van der Waals surface area (Å²) in [5.74, 6) is 0. The van der Waals surface area contributed by atoms with Crippen molar-refractivity contribution in [2.24, 2.45) is 11.5 Å². The Hall–Kier alpha value is -0.600. The lowest BCUT2D eigenvalue weighted by molar-refractivity contribution is -0.330. The molecule has 0 aromatic carbocycles. The molecule has 0 radical (unpaired) electrons. The topological polar surface area (TPSA) is 249 Å². The Morgan fingerprint density at radius 3 is 1.97 bits per heavy atom. The van der Waals surface area contributed by atoms with Gasteiger partial charge in [-0.2, -0.15) is 0 Å². The number of methoxy groups -OCH3 is 1. The molecule has 3 saturated heterocycles. The lowest BCUT2D eigenvalue weighted by Crippen LogP contribution is -2.66. The number of aliphatic hydroxyl groups is 7. The maximum Gasteiger partial charge on any atom is 0.187 e. The molecule has 0 unspecified atom stereocenters. The summed E-state index contributed by atoms with van der Waals surface area (Å²) >= 11 is 0. The summed E-state index contributed by atoms with van der Waals surface area (Å²) in [4.78, 5) is 0. The van der Waals surface area contributed by atoms with Crippen LogP contribution in [0.3, 0.4) is 0 Å². The van der Waals surface area contributed by atoms with Crippen molar-refractivity contribution in [1.82, 2.24) is 0 Å². The number of aliphatic hydroxyl groups excluding tert-OH is 7. The van der Waals surface area contributed by atoms with E-state index in [2.05, 4.69) is 0 Å². The average molecular weight is 486 g/mol. The highest BCUT2D eigenvalue weighted by Crippen LogP contribution is 2.27. The van der Waals surface area contributed by atoms with Gasteiger partial charge in [0.2, 0.25) is 0 Å². The second-order valence-electron chi connectivity index (χ2n) is 8.32. The molecule has 0 spiro atoms. The number of hydrogen-bond donors (Lipinski definition) is 9. The average Bonchev–Trinajstić information content (AvgIpc) is 2.80. The lowest BCUT2D eigenvalue weighted by atomic mass is 9.97. The van der Waals surface area contributed by atoms with Gasteiger partial charge in [-0.05, 0) is 0 Å². The van der Waals surface area contributed by atoms with Crippen LogP contribution in [0.1, 0.15) is 0 Å². The van der Waals surface area contributed by atoms with Crippen molar-refractivity contribution in [2.75, 3.05) is 26.9 Å². The summed E-state index contributed by atoms with van der Waals surface area (Å²) in [5.41, 5.74) is 12.2. The van der Waals surface area contributed by atoms with Crippen LogP contribution in [0.25, 0.3) is 0 Å². The molecular weight excluding hydrogens is 452 g/mol. The molecule has 0 aliphatic carbocycles. The van der Waals surface area contributed by atoms with E-state index in [1.165, 1.54) is 7.11 Å². The summed E-state index contributed by atoms with van der Waals surface area (Å²) in [6.07, 6.45) is -16.3. The van der Waals surface area contributed by atoms with Crippen LogP contribution >= 0.6 is 0 Å². The maximum absolute atomic E-state index is 10.2. The first-order valence-corrected chi connectivity index (χ1v) is 10.5. The number of rotatable bonds is 7. The first-order chi connectivity index (χ1) is 15.6. The van der Waals surface area contributed by atoms with Gasteiger partial charge in [0.15, 0.2) is 18.9 Å². The van der Waals surface area contributed by atoms with Gasteiger partial charge in [0, 0.05) is 7.11 Å². The Balaban J connectivity index is 1.61. The smallest absolute Gasteiger partial charge is 0.187 e. The molecule has 0 amide bonds. The Labute approximate surface area is 189 Å².